The van der Waals surface area contributed by atoms with E-state index in [-0.39, 0.29) is 25.3 Å². The molecule has 2 amide bonds. The number of hydrogen-bond acceptors (Lipinski definition) is 5. The lowest BCUT2D eigenvalue weighted by Gasteiger charge is -2.25. The number of esters is 1. The summed E-state index contributed by atoms with van der Waals surface area (Å²) in [6.45, 7) is 5.56. The van der Waals surface area contributed by atoms with Crippen molar-refractivity contribution in [3.63, 3.8) is 0 Å². The average molecular weight is 514 g/mol. The van der Waals surface area contributed by atoms with Gasteiger partial charge in [-0.1, -0.05) is 6.07 Å². The minimum absolute atomic E-state index is 0.0124. The van der Waals surface area contributed by atoms with Crippen LogP contribution in [0.25, 0.3) is 33.5 Å². The van der Waals surface area contributed by atoms with E-state index in [1.54, 1.807) is 26.8 Å². The number of carbonyl (C=O) groups is 3. The zero-order chi connectivity index (χ0) is 27.2. The number of nitrogens with zero attached hydrogens (tertiary/aromatic N) is 3. The molecule has 4 aromatic rings. The Labute approximate surface area is 220 Å². The molecule has 3 N–H and O–H groups in total. The van der Waals surface area contributed by atoms with Crippen molar-refractivity contribution >= 4 is 28.7 Å². The van der Waals surface area contributed by atoms with E-state index in [2.05, 4.69) is 11.1 Å². The molecule has 0 aliphatic carbocycles. The average Bonchev–Trinajstić information content (AvgIpc) is 3.54. The number of aromatic amines is 1. The number of rotatable bonds is 7. The summed E-state index contributed by atoms with van der Waals surface area (Å²) in [7, 11) is 1.95. The molecule has 2 aromatic heterocycles. The Bertz CT molecular complexity index is 1560. The number of fused-ring (bicyclic) bond motifs is 2. The van der Waals surface area contributed by atoms with Gasteiger partial charge in [0.1, 0.15) is 17.5 Å². The van der Waals surface area contributed by atoms with Gasteiger partial charge in [-0.05, 0) is 69.2 Å². The molecule has 0 spiro atoms. The molecule has 3 heterocycles. The van der Waals surface area contributed by atoms with E-state index in [0.717, 1.165) is 39.1 Å². The topological polar surface area (TPSA) is 123 Å². The molecule has 2 aromatic carbocycles. The summed E-state index contributed by atoms with van der Waals surface area (Å²) in [5.41, 5.74) is 10.0. The van der Waals surface area contributed by atoms with Gasteiger partial charge in [0.15, 0.2) is 0 Å². The first-order valence-corrected chi connectivity index (χ1v) is 12.6. The molecule has 0 bridgehead atoms. The predicted molar refractivity (Wildman–Crippen MR) is 144 cm³/mol. The van der Waals surface area contributed by atoms with Gasteiger partial charge in [0.2, 0.25) is 5.91 Å². The van der Waals surface area contributed by atoms with Crippen LogP contribution >= 0.6 is 0 Å². The van der Waals surface area contributed by atoms with Gasteiger partial charge in [-0.15, -0.1) is 0 Å². The first kappa shape index (κ1) is 25.3. The van der Waals surface area contributed by atoms with Crippen LogP contribution in [-0.4, -0.2) is 48.9 Å². The van der Waals surface area contributed by atoms with Crippen molar-refractivity contribution in [3.8, 4) is 22.6 Å². The summed E-state index contributed by atoms with van der Waals surface area (Å²) >= 11 is 0. The number of nitrogens with one attached hydrogen (secondary N) is 1. The highest BCUT2D eigenvalue weighted by atomic mass is 16.6. The zero-order valence-corrected chi connectivity index (χ0v) is 21.9. The molecule has 0 radical (unpaired) electrons. The van der Waals surface area contributed by atoms with E-state index in [0.29, 0.717) is 5.56 Å². The summed E-state index contributed by atoms with van der Waals surface area (Å²) in [6.07, 6.45) is 3.96. The van der Waals surface area contributed by atoms with E-state index in [4.69, 9.17) is 15.5 Å². The second-order valence-electron chi connectivity index (χ2n) is 10.7. The van der Waals surface area contributed by atoms with E-state index >= 15 is 0 Å². The van der Waals surface area contributed by atoms with Crippen LogP contribution in [0.1, 0.15) is 49.5 Å². The lowest BCUT2D eigenvalue weighted by atomic mass is 10.0. The van der Waals surface area contributed by atoms with Crippen LogP contribution in [0.4, 0.5) is 0 Å². The molecular formula is C29H31N5O4. The minimum atomic E-state index is -0.907. The number of imidazole rings is 1. The fourth-order valence-corrected chi connectivity index (χ4v) is 4.92. The predicted octanol–water partition coefficient (Wildman–Crippen LogP) is 4.17. The Morgan fingerprint density at radius 2 is 1.89 bits per heavy atom. The number of carbonyl (C=O) groups excluding carboxylic acids is 3. The van der Waals surface area contributed by atoms with Crippen LogP contribution in [0.5, 0.6) is 0 Å². The van der Waals surface area contributed by atoms with Crippen LogP contribution in [0.3, 0.4) is 0 Å². The highest BCUT2D eigenvalue weighted by Crippen LogP contribution is 2.32. The van der Waals surface area contributed by atoms with Gasteiger partial charge in [0, 0.05) is 60.0 Å². The summed E-state index contributed by atoms with van der Waals surface area (Å²) in [4.78, 5) is 47.2. The normalized spacial score (nSPS) is 14.1. The second-order valence-corrected chi connectivity index (χ2v) is 10.7. The third-order valence-corrected chi connectivity index (χ3v) is 6.67. The zero-order valence-electron chi connectivity index (χ0n) is 21.9. The van der Waals surface area contributed by atoms with Crippen LogP contribution < -0.4 is 5.73 Å². The van der Waals surface area contributed by atoms with Crippen LogP contribution in [-0.2, 0) is 27.9 Å². The lowest BCUT2D eigenvalue weighted by Crippen LogP contribution is -2.45. The minimum Gasteiger partial charge on any atom is -0.460 e. The van der Waals surface area contributed by atoms with E-state index < -0.39 is 23.5 Å². The number of benzene rings is 2. The Morgan fingerprint density at radius 1 is 1.13 bits per heavy atom. The molecule has 1 atom stereocenters. The number of nitrogens with two attached hydrogens (primary N) is 1. The first-order valence-electron chi connectivity index (χ1n) is 12.6. The number of ether oxygens (including phenoxy) is 1. The molecule has 0 saturated carbocycles. The fraction of sp³-hybridized carbons (Fsp3) is 0.310. The molecule has 0 fully saturated rings. The van der Waals surface area contributed by atoms with Crippen LogP contribution in [0, 0.1) is 0 Å². The number of aromatic nitrogens is 3. The number of hydrogen-bond donors (Lipinski definition) is 2. The van der Waals surface area contributed by atoms with Crippen LogP contribution in [0.2, 0.25) is 0 Å². The van der Waals surface area contributed by atoms with Crippen molar-refractivity contribution in [1.82, 2.24) is 19.4 Å². The van der Waals surface area contributed by atoms with Crippen LogP contribution in [0.15, 0.2) is 54.9 Å². The third kappa shape index (κ3) is 4.91. The highest BCUT2D eigenvalue weighted by Gasteiger charge is 2.36. The molecule has 5 rings (SSSR count). The van der Waals surface area contributed by atoms with E-state index in [9.17, 15) is 14.4 Å². The fourth-order valence-electron chi connectivity index (χ4n) is 4.92. The second kappa shape index (κ2) is 9.48. The summed E-state index contributed by atoms with van der Waals surface area (Å²) in [6, 6.07) is 12.8. The smallest absolute Gasteiger partial charge is 0.306 e. The quantitative estimate of drug-likeness (QED) is 0.359. The Hall–Kier alpha value is -4.40. The first-order chi connectivity index (χ1) is 18.0. The molecule has 9 nitrogen and oxygen atoms in total. The van der Waals surface area contributed by atoms with Gasteiger partial charge in [-0.2, -0.15) is 0 Å². The molecule has 1 unspecified atom stereocenters. The molecule has 1 aliphatic heterocycles. The van der Waals surface area contributed by atoms with Crippen molar-refractivity contribution in [2.45, 2.75) is 51.8 Å². The van der Waals surface area contributed by atoms with Gasteiger partial charge in [0.05, 0.1) is 5.69 Å². The summed E-state index contributed by atoms with van der Waals surface area (Å²) in [5, 5.41) is 1.11. The largest absolute Gasteiger partial charge is 0.460 e. The molecule has 9 heteroatoms. The molecule has 0 saturated heterocycles. The standard InChI is InChI=1S/C29H31N5O4/c1-29(2,3)38-25(35)10-9-24(26(30)36)34-15-20-14-17(5-7-21(20)28(34)37)23-16-33(4)27(32-23)19-6-8-22-18(13-19)11-12-31-22/h5-8,11-14,16,24,31H,9-10,15H2,1-4H3,(H2,30,36). The Kier molecular flexibility index (Phi) is 6.30. The Morgan fingerprint density at radius 3 is 2.63 bits per heavy atom. The van der Waals surface area contributed by atoms with E-state index in [1.165, 1.54) is 4.90 Å². The number of primary amides is 1. The maximum absolute atomic E-state index is 13.2. The maximum Gasteiger partial charge on any atom is 0.306 e. The van der Waals surface area contributed by atoms with Gasteiger partial charge >= 0.3 is 5.97 Å². The van der Waals surface area contributed by atoms with Gasteiger partial charge in [-0.25, -0.2) is 4.98 Å². The van der Waals surface area contributed by atoms with Crippen molar-refractivity contribution in [2.75, 3.05) is 0 Å². The molecular weight excluding hydrogens is 482 g/mol. The maximum atomic E-state index is 13.2. The number of H-pyrrole nitrogens is 1. The molecule has 38 heavy (non-hydrogen) atoms. The monoisotopic (exact) mass is 513 g/mol. The Balaban J connectivity index is 1.36. The van der Waals surface area contributed by atoms with Crippen molar-refractivity contribution < 1.29 is 19.1 Å². The third-order valence-electron chi connectivity index (χ3n) is 6.67. The number of aryl methyl sites for hydroxylation is 1. The van der Waals surface area contributed by atoms with Crippen molar-refractivity contribution in [3.05, 3.63) is 66.0 Å². The summed E-state index contributed by atoms with van der Waals surface area (Å²) in [5.74, 6) is -0.529. The van der Waals surface area contributed by atoms with Crippen molar-refractivity contribution in [1.29, 1.82) is 0 Å². The summed E-state index contributed by atoms with van der Waals surface area (Å²) < 4.78 is 7.32. The lowest BCUT2D eigenvalue weighted by molar-refractivity contribution is -0.155. The van der Waals surface area contributed by atoms with Gasteiger partial charge in [-0.3, -0.25) is 14.4 Å². The number of amides is 2. The highest BCUT2D eigenvalue weighted by molar-refractivity contribution is 6.01. The SMILES string of the molecule is Cn1cc(-c2ccc3c(c2)CN(C(CCC(=O)OC(C)(C)C)C(N)=O)C3=O)nc1-c1ccc2[nH]ccc2c1. The molecule has 1 aliphatic rings. The van der Waals surface area contributed by atoms with Crippen molar-refractivity contribution in [2.24, 2.45) is 12.8 Å². The van der Waals surface area contributed by atoms with Gasteiger partial charge < -0.3 is 24.9 Å². The van der Waals surface area contributed by atoms with E-state index in [1.807, 2.05) is 54.3 Å². The molecule has 196 valence electrons. The van der Waals surface area contributed by atoms with Gasteiger partial charge in [0.25, 0.3) is 5.91 Å².